The predicted molar refractivity (Wildman–Crippen MR) is 76.9 cm³/mol. The summed E-state index contributed by atoms with van der Waals surface area (Å²) in [7, 11) is 0. The van der Waals surface area contributed by atoms with Crippen molar-refractivity contribution >= 4 is 5.91 Å². The largest absolute Gasteiger partial charge is 0.351 e. The molecule has 1 saturated heterocycles. The first-order valence-corrected chi connectivity index (χ1v) is 7.03. The van der Waals surface area contributed by atoms with Crippen LogP contribution in [-0.4, -0.2) is 43.0 Å². The summed E-state index contributed by atoms with van der Waals surface area (Å²) in [6, 6.07) is 5.29. The fourth-order valence-corrected chi connectivity index (χ4v) is 2.38. The van der Waals surface area contributed by atoms with Crippen molar-refractivity contribution in [2.75, 3.05) is 26.2 Å². The number of nitrogens with one attached hydrogen (secondary N) is 2. The Morgan fingerprint density at radius 1 is 1.55 bits per heavy atom. The summed E-state index contributed by atoms with van der Waals surface area (Å²) in [5.74, 6) is -0.199. The van der Waals surface area contributed by atoms with Crippen molar-refractivity contribution in [2.45, 2.75) is 26.4 Å². The highest BCUT2D eigenvalue weighted by atomic mass is 19.1. The standard InChI is InChI=1S/C15H22FN3O/c1-11-7-13(3-4-14(11)16)9-18-15(20)10-19-6-5-17-8-12(19)2/h3-4,7,12,17H,5-6,8-10H2,1-2H3,(H,18,20)/t12-/m0/s1. The SMILES string of the molecule is Cc1cc(CNC(=O)CN2CCNC[C@@H]2C)ccc1F. The summed E-state index contributed by atoms with van der Waals surface area (Å²) in [6.07, 6.45) is 0. The van der Waals surface area contributed by atoms with Crippen molar-refractivity contribution in [3.8, 4) is 0 Å². The zero-order valence-electron chi connectivity index (χ0n) is 12.1. The highest BCUT2D eigenvalue weighted by molar-refractivity contribution is 5.78. The monoisotopic (exact) mass is 279 g/mol. The molecule has 1 aromatic carbocycles. The molecule has 0 spiro atoms. The van der Waals surface area contributed by atoms with Gasteiger partial charge in [-0.1, -0.05) is 12.1 Å². The number of halogens is 1. The predicted octanol–water partition coefficient (Wildman–Crippen LogP) is 1.04. The van der Waals surface area contributed by atoms with E-state index in [0.29, 0.717) is 24.7 Å². The minimum atomic E-state index is -0.213. The third kappa shape index (κ3) is 4.02. The van der Waals surface area contributed by atoms with Crippen LogP contribution in [0.3, 0.4) is 0 Å². The second-order valence-electron chi connectivity index (χ2n) is 5.38. The number of rotatable bonds is 4. The molecule has 0 radical (unpaired) electrons. The molecule has 0 saturated carbocycles. The summed E-state index contributed by atoms with van der Waals surface area (Å²) in [4.78, 5) is 14.1. The van der Waals surface area contributed by atoms with Gasteiger partial charge in [-0.2, -0.15) is 0 Å². The molecular weight excluding hydrogens is 257 g/mol. The van der Waals surface area contributed by atoms with Crippen molar-refractivity contribution in [2.24, 2.45) is 0 Å². The van der Waals surface area contributed by atoms with Crippen molar-refractivity contribution in [1.82, 2.24) is 15.5 Å². The lowest BCUT2D eigenvalue weighted by atomic mass is 10.1. The number of carbonyl (C=O) groups excluding carboxylic acids is 1. The molecule has 0 bridgehead atoms. The zero-order chi connectivity index (χ0) is 14.5. The number of hydrogen-bond donors (Lipinski definition) is 2. The van der Waals surface area contributed by atoms with Crippen LogP contribution >= 0.6 is 0 Å². The van der Waals surface area contributed by atoms with Gasteiger partial charge >= 0.3 is 0 Å². The van der Waals surface area contributed by atoms with E-state index in [4.69, 9.17) is 0 Å². The third-order valence-electron chi connectivity index (χ3n) is 3.70. The molecule has 1 fully saturated rings. The van der Waals surface area contributed by atoms with Gasteiger partial charge < -0.3 is 10.6 Å². The number of hydrogen-bond acceptors (Lipinski definition) is 3. The summed E-state index contributed by atoms with van der Waals surface area (Å²) < 4.78 is 13.1. The number of nitrogens with zero attached hydrogens (tertiary/aromatic N) is 1. The molecule has 0 aliphatic carbocycles. The average molecular weight is 279 g/mol. The van der Waals surface area contributed by atoms with Gasteiger partial charge in [-0.05, 0) is 31.0 Å². The van der Waals surface area contributed by atoms with Crippen molar-refractivity contribution in [3.05, 3.63) is 35.1 Å². The third-order valence-corrected chi connectivity index (χ3v) is 3.70. The summed E-state index contributed by atoms with van der Waals surface area (Å²) in [5, 5.41) is 6.19. The Labute approximate surface area is 119 Å². The van der Waals surface area contributed by atoms with E-state index in [1.807, 2.05) is 0 Å². The Hall–Kier alpha value is -1.46. The number of carbonyl (C=O) groups is 1. The first-order valence-electron chi connectivity index (χ1n) is 7.03. The lowest BCUT2D eigenvalue weighted by Crippen LogP contribution is -2.52. The van der Waals surface area contributed by atoms with Gasteiger partial charge in [0, 0.05) is 32.2 Å². The van der Waals surface area contributed by atoms with E-state index in [-0.39, 0.29) is 11.7 Å². The Balaban J connectivity index is 1.81. The normalized spacial score (nSPS) is 19.9. The number of amides is 1. The van der Waals surface area contributed by atoms with Crippen LogP contribution in [0.5, 0.6) is 0 Å². The van der Waals surface area contributed by atoms with Gasteiger partial charge in [-0.25, -0.2) is 4.39 Å². The van der Waals surface area contributed by atoms with E-state index < -0.39 is 0 Å². The molecular formula is C15H22FN3O. The van der Waals surface area contributed by atoms with Crippen LogP contribution in [-0.2, 0) is 11.3 Å². The summed E-state index contributed by atoms with van der Waals surface area (Å²) >= 11 is 0. The van der Waals surface area contributed by atoms with Gasteiger partial charge in [0.2, 0.25) is 5.91 Å². The number of piperazine rings is 1. The fraction of sp³-hybridized carbons (Fsp3) is 0.533. The molecule has 2 rings (SSSR count). The Bertz CT molecular complexity index is 478. The average Bonchev–Trinajstić information content (AvgIpc) is 2.43. The van der Waals surface area contributed by atoms with Crippen LogP contribution in [0.4, 0.5) is 4.39 Å². The van der Waals surface area contributed by atoms with Gasteiger partial charge in [0.25, 0.3) is 0 Å². The topological polar surface area (TPSA) is 44.4 Å². The molecule has 1 aliphatic rings. The molecule has 0 unspecified atom stereocenters. The van der Waals surface area contributed by atoms with E-state index in [1.54, 1.807) is 19.1 Å². The van der Waals surface area contributed by atoms with Gasteiger partial charge in [0.1, 0.15) is 5.82 Å². The lowest BCUT2D eigenvalue weighted by molar-refractivity contribution is -0.123. The van der Waals surface area contributed by atoms with Gasteiger partial charge in [0.05, 0.1) is 6.54 Å². The summed E-state index contributed by atoms with van der Waals surface area (Å²) in [5.41, 5.74) is 1.53. The molecule has 1 atom stereocenters. The zero-order valence-corrected chi connectivity index (χ0v) is 12.1. The van der Waals surface area contributed by atoms with Gasteiger partial charge in [-0.3, -0.25) is 9.69 Å². The van der Waals surface area contributed by atoms with E-state index in [0.717, 1.165) is 25.2 Å². The van der Waals surface area contributed by atoms with E-state index in [9.17, 15) is 9.18 Å². The molecule has 4 nitrogen and oxygen atoms in total. The molecule has 5 heteroatoms. The molecule has 1 aliphatic heterocycles. The highest BCUT2D eigenvalue weighted by Crippen LogP contribution is 2.09. The molecule has 1 aromatic rings. The Morgan fingerprint density at radius 2 is 2.35 bits per heavy atom. The van der Waals surface area contributed by atoms with Crippen LogP contribution in [0.15, 0.2) is 18.2 Å². The summed E-state index contributed by atoms with van der Waals surface area (Å²) in [6.45, 7) is 7.44. The van der Waals surface area contributed by atoms with E-state index in [2.05, 4.69) is 22.5 Å². The molecule has 110 valence electrons. The second kappa shape index (κ2) is 6.81. The molecule has 0 aromatic heterocycles. The maximum atomic E-state index is 13.1. The molecule has 1 heterocycles. The quantitative estimate of drug-likeness (QED) is 0.866. The highest BCUT2D eigenvalue weighted by Gasteiger charge is 2.19. The Morgan fingerprint density at radius 3 is 3.05 bits per heavy atom. The van der Waals surface area contributed by atoms with Crippen molar-refractivity contribution < 1.29 is 9.18 Å². The fourth-order valence-electron chi connectivity index (χ4n) is 2.38. The molecule has 1 amide bonds. The minimum Gasteiger partial charge on any atom is -0.351 e. The van der Waals surface area contributed by atoms with E-state index >= 15 is 0 Å². The molecule has 2 N–H and O–H groups in total. The maximum absolute atomic E-state index is 13.1. The van der Waals surface area contributed by atoms with E-state index in [1.165, 1.54) is 6.07 Å². The lowest BCUT2D eigenvalue weighted by Gasteiger charge is -2.33. The van der Waals surface area contributed by atoms with Crippen molar-refractivity contribution in [1.29, 1.82) is 0 Å². The number of aryl methyl sites for hydroxylation is 1. The Kier molecular flexibility index (Phi) is 5.09. The first-order chi connectivity index (χ1) is 9.56. The van der Waals surface area contributed by atoms with Crippen LogP contribution in [0.25, 0.3) is 0 Å². The number of benzene rings is 1. The van der Waals surface area contributed by atoms with Crippen LogP contribution in [0.2, 0.25) is 0 Å². The maximum Gasteiger partial charge on any atom is 0.234 e. The second-order valence-corrected chi connectivity index (χ2v) is 5.38. The minimum absolute atomic E-state index is 0.0146. The van der Waals surface area contributed by atoms with Gasteiger partial charge in [-0.15, -0.1) is 0 Å². The van der Waals surface area contributed by atoms with Gasteiger partial charge in [0.15, 0.2) is 0 Å². The van der Waals surface area contributed by atoms with Crippen LogP contribution < -0.4 is 10.6 Å². The smallest absolute Gasteiger partial charge is 0.234 e. The van der Waals surface area contributed by atoms with Crippen molar-refractivity contribution in [3.63, 3.8) is 0 Å². The van der Waals surface area contributed by atoms with Crippen LogP contribution in [0, 0.1) is 12.7 Å². The first kappa shape index (κ1) is 14.9. The molecule has 20 heavy (non-hydrogen) atoms. The van der Waals surface area contributed by atoms with Crippen LogP contribution in [0.1, 0.15) is 18.1 Å².